The maximum atomic E-state index is 11.6. The van der Waals surface area contributed by atoms with Gasteiger partial charge in [-0.2, -0.15) is 4.99 Å². The SMILES string of the molecule is CC(=O)Nc1ccc(/C=C/c2ccc(N=C=S)c(S(=O)(=O)[O-])c2)c(S(=O)(=O)[O-])c1. The van der Waals surface area contributed by atoms with Crippen molar-refractivity contribution in [2.45, 2.75) is 16.7 Å². The van der Waals surface area contributed by atoms with Gasteiger partial charge in [0.25, 0.3) is 0 Å². The van der Waals surface area contributed by atoms with Gasteiger partial charge < -0.3 is 14.4 Å². The summed E-state index contributed by atoms with van der Waals surface area (Å²) in [6, 6.07) is 7.36. The molecule has 2 aromatic carbocycles. The van der Waals surface area contributed by atoms with E-state index in [1.807, 2.05) is 5.16 Å². The minimum atomic E-state index is -4.87. The number of hydrogen-bond acceptors (Lipinski definition) is 9. The van der Waals surface area contributed by atoms with Crippen LogP contribution in [-0.4, -0.2) is 37.0 Å². The second-order valence-corrected chi connectivity index (χ2v) is 8.48. The van der Waals surface area contributed by atoms with Crippen molar-refractivity contribution in [2.24, 2.45) is 4.99 Å². The largest absolute Gasteiger partial charge is 0.744 e. The quantitative estimate of drug-likeness (QED) is 0.303. The molecule has 0 aromatic heterocycles. The summed E-state index contributed by atoms with van der Waals surface area (Å²) >= 11 is 4.41. The first-order chi connectivity index (χ1) is 13.4. The summed E-state index contributed by atoms with van der Waals surface area (Å²) in [7, 11) is -9.73. The molecule has 9 nitrogen and oxygen atoms in total. The topological polar surface area (TPSA) is 156 Å². The molecule has 1 N–H and O–H groups in total. The lowest BCUT2D eigenvalue weighted by Gasteiger charge is -2.13. The van der Waals surface area contributed by atoms with E-state index in [-0.39, 0.29) is 22.5 Å². The van der Waals surface area contributed by atoms with E-state index < -0.39 is 35.9 Å². The summed E-state index contributed by atoms with van der Waals surface area (Å²) in [5.41, 5.74) is 0.158. The van der Waals surface area contributed by atoms with E-state index in [0.717, 1.165) is 12.1 Å². The van der Waals surface area contributed by atoms with Crippen molar-refractivity contribution in [3.05, 3.63) is 47.5 Å². The molecule has 0 radical (unpaired) electrons. The zero-order valence-electron chi connectivity index (χ0n) is 14.6. The third-order valence-corrected chi connectivity index (χ3v) is 5.33. The molecule has 0 saturated carbocycles. The molecule has 2 aromatic rings. The molecule has 0 aliphatic rings. The van der Waals surface area contributed by atoms with Gasteiger partial charge in [-0.15, -0.1) is 0 Å². The van der Waals surface area contributed by atoms with Gasteiger partial charge >= 0.3 is 0 Å². The predicted molar refractivity (Wildman–Crippen MR) is 107 cm³/mol. The van der Waals surface area contributed by atoms with Crippen molar-refractivity contribution in [1.29, 1.82) is 0 Å². The number of isothiocyanates is 1. The summed E-state index contributed by atoms with van der Waals surface area (Å²) in [6.45, 7) is 1.22. The summed E-state index contributed by atoms with van der Waals surface area (Å²) < 4.78 is 68.9. The van der Waals surface area contributed by atoms with E-state index in [1.165, 1.54) is 43.3 Å². The maximum absolute atomic E-state index is 11.6. The summed E-state index contributed by atoms with van der Waals surface area (Å²) in [6.07, 6.45) is 2.56. The second-order valence-electron chi connectivity index (χ2n) is 5.61. The first-order valence-electron chi connectivity index (χ1n) is 7.65. The van der Waals surface area contributed by atoms with Crippen LogP contribution in [0.3, 0.4) is 0 Å². The number of hydrogen-bond donors (Lipinski definition) is 1. The lowest BCUT2D eigenvalue weighted by Crippen LogP contribution is -2.08. The van der Waals surface area contributed by atoms with Crippen LogP contribution in [0.4, 0.5) is 11.4 Å². The molecule has 1 amide bonds. The smallest absolute Gasteiger partial charge is 0.221 e. The molecule has 0 unspecified atom stereocenters. The highest BCUT2D eigenvalue weighted by atomic mass is 32.2. The molecule has 0 saturated heterocycles. The van der Waals surface area contributed by atoms with Crippen molar-refractivity contribution in [1.82, 2.24) is 0 Å². The van der Waals surface area contributed by atoms with Crippen molar-refractivity contribution >= 4 is 67.0 Å². The van der Waals surface area contributed by atoms with Gasteiger partial charge in [0.05, 0.1) is 20.6 Å². The fraction of sp³-hybridized carbons (Fsp3) is 0.0588. The number of thiocarbonyl (C=S) groups is 1. The fourth-order valence-corrected chi connectivity index (χ4v) is 3.78. The zero-order valence-corrected chi connectivity index (χ0v) is 17.1. The molecule has 0 heterocycles. The standard InChI is InChI=1S/C17H14N2O7S3/c1-11(20)19-14-6-5-13(16(9-14)28(21,22)23)4-2-12-3-7-15(18-10-27)17(8-12)29(24,25)26/h2-9H,1H3,(H,19,20)(H,21,22,23)(H,24,25,26)/p-2/b4-2+. The third kappa shape index (κ3) is 6.12. The summed E-state index contributed by atoms with van der Waals surface area (Å²) in [4.78, 5) is 13.4. The number of aliphatic imine (C=N–C) groups is 1. The molecule has 0 spiro atoms. The molecule has 0 aliphatic carbocycles. The number of nitrogens with one attached hydrogen (secondary N) is 1. The van der Waals surface area contributed by atoms with Gasteiger partial charge in [-0.1, -0.05) is 24.3 Å². The van der Waals surface area contributed by atoms with Crippen LogP contribution in [0.1, 0.15) is 18.1 Å². The summed E-state index contributed by atoms with van der Waals surface area (Å²) in [5.74, 6) is -0.451. The van der Waals surface area contributed by atoms with Crippen LogP contribution in [0.2, 0.25) is 0 Å². The highest BCUT2D eigenvalue weighted by molar-refractivity contribution is 7.86. The van der Waals surface area contributed by atoms with Gasteiger partial charge in [0, 0.05) is 12.6 Å². The van der Waals surface area contributed by atoms with Crippen LogP contribution in [0.25, 0.3) is 12.2 Å². The van der Waals surface area contributed by atoms with Crippen molar-refractivity contribution in [3.63, 3.8) is 0 Å². The molecule has 2 rings (SSSR count). The molecule has 12 heteroatoms. The Kier molecular flexibility index (Phi) is 6.80. The average Bonchev–Trinajstić information content (AvgIpc) is 2.59. The van der Waals surface area contributed by atoms with Crippen LogP contribution < -0.4 is 5.32 Å². The molecule has 0 fully saturated rings. The number of benzene rings is 2. The molecule has 0 bridgehead atoms. The Morgan fingerprint density at radius 3 is 2.24 bits per heavy atom. The Bertz CT molecular complexity index is 1260. The zero-order chi connectivity index (χ0) is 21.8. The molecule has 29 heavy (non-hydrogen) atoms. The van der Waals surface area contributed by atoms with E-state index >= 15 is 0 Å². The number of anilines is 1. The van der Waals surface area contributed by atoms with Gasteiger partial charge in [0.1, 0.15) is 20.2 Å². The van der Waals surface area contributed by atoms with Gasteiger partial charge in [-0.25, -0.2) is 16.8 Å². The fourth-order valence-electron chi connectivity index (χ4n) is 2.33. The van der Waals surface area contributed by atoms with Crippen molar-refractivity contribution < 1.29 is 30.7 Å². The van der Waals surface area contributed by atoms with E-state index in [0.29, 0.717) is 0 Å². The van der Waals surface area contributed by atoms with E-state index in [2.05, 4.69) is 22.5 Å². The Balaban J connectivity index is 2.54. The Morgan fingerprint density at radius 2 is 1.69 bits per heavy atom. The van der Waals surface area contributed by atoms with Gasteiger partial charge in [-0.3, -0.25) is 4.79 Å². The first kappa shape index (κ1) is 22.6. The number of carbonyl (C=O) groups excluding carboxylic acids is 1. The number of carbonyl (C=O) groups is 1. The first-order valence-corrected chi connectivity index (χ1v) is 10.9. The van der Waals surface area contributed by atoms with E-state index in [1.54, 1.807) is 0 Å². The van der Waals surface area contributed by atoms with Crippen LogP contribution in [0.5, 0.6) is 0 Å². The molecular weight excluding hydrogens is 440 g/mol. The molecular formula is C17H12N2O7S3-2. The van der Waals surface area contributed by atoms with Crippen LogP contribution in [0, 0.1) is 0 Å². The second kappa shape index (κ2) is 8.74. The van der Waals surface area contributed by atoms with E-state index in [4.69, 9.17) is 0 Å². The number of amides is 1. The minimum absolute atomic E-state index is 0.00150. The Labute approximate surface area is 172 Å². The Morgan fingerprint density at radius 1 is 1.03 bits per heavy atom. The monoisotopic (exact) mass is 452 g/mol. The lowest BCUT2D eigenvalue weighted by atomic mass is 10.1. The molecule has 0 aliphatic heterocycles. The van der Waals surface area contributed by atoms with Crippen molar-refractivity contribution in [2.75, 3.05) is 5.32 Å². The van der Waals surface area contributed by atoms with Gasteiger partial charge in [0.2, 0.25) is 5.91 Å². The third-order valence-electron chi connectivity index (χ3n) is 3.48. The van der Waals surface area contributed by atoms with Crippen LogP contribution in [0.15, 0.2) is 51.2 Å². The van der Waals surface area contributed by atoms with Crippen LogP contribution >= 0.6 is 12.2 Å². The number of rotatable bonds is 6. The highest BCUT2D eigenvalue weighted by Crippen LogP contribution is 2.27. The van der Waals surface area contributed by atoms with Crippen LogP contribution in [-0.2, 0) is 25.0 Å². The molecule has 152 valence electrons. The lowest BCUT2D eigenvalue weighted by molar-refractivity contribution is -0.114. The highest BCUT2D eigenvalue weighted by Gasteiger charge is 2.11. The minimum Gasteiger partial charge on any atom is -0.744 e. The normalized spacial score (nSPS) is 11.8. The van der Waals surface area contributed by atoms with Gasteiger partial charge in [-0.05, 0) is 47.6 Å². The average molecular weight is 452 g/mol. The Hall–Kier alpha value is -2.73. The number of nitrogens with zero attached hydrogens (tertiary/aromatic N) is 1. The maximum Gasteiger partial charge on any atom is 0.221 e. The summed E-state index contributed by atoms with van der Waals surface area (Å²) in [5, 5.41) is 4.34. The predicted octanol–water partition coefficient (Wildman–Crippen LogP) is 2.36. The van der Waals surface area contributed by atoms with E-state index in [9.17, 15) is 30.7 Å². The van der Waals surface area contributed by atoms with Crippen molar-refractivity contribution in [3.8, 4) is 0 Å². The van der Waals surface area contributed by atoms with Gasteiger partial charge in [0.15, 0.2) is 0 Å². The molecule has 0 atom stereocenters.